The Bertz CT molecular complexity index is 585. The van der Waals surface area contributed by atoms with E-state index in [1.807, 2.05) is 0 Å². The van der Waals surface area contributed by atoms with Gasteiger partial charge in [-0.25, -0.2) is 4.79 Å². The average Bonchev–Trinajstić information content (AvgIpc) is 2.98. The Hall–Kier alpha value is -1.93. The lowest BCUT2D eigenvalue weighted by Crippen LogP contribution is -2.14. The average molecular weight is 309 g/mol. The van der Waals surface area contributed by atoms with Crippen LogP contribution < -0.4 is 5.32 Å². The van der Waals surface area contributed by atoms with Crippen molar-refractivity contribution in [3.8, 4) is 0 Å². The zero-order valence-electron chi connectivity index (χ0n) is 10.5. The Morgan fingerprint density at radius 3 is 2.70 bits per heavy atom. The minimum atomic E-state index is -0.408. The van der Waals surface area contributed by atoms with Gasteiger partial charge in [-0.1, -0.05) is 23.1 Å². The number of benzene rings is 1. The van der Waals surface area contributed by atoms with Crippen LogP contribution in [-0.2, 0) is 9.53 Å². The van der Waals surface area contributed by atoms with Gasteiger partial charge in [0.25, 0.3) is 0 Å². The molecule has 2 aromatic rings. The molecule has 8 heteroatoms. The third-order valence-corrected chi connectivity index (χ3v) is 4.12. The Morgan fingerprint density at radius 1 is 1.35 bits per heavy atom. The number of thioether (sulfide) groups is 1. The van der Waals surface area contributed by atoms with Crippen LogP contribution in [0.5, 0.6) is 0 Å². The number of hydrogen-bond acceptors (Lipinski definition) is 7. The van der Waals surface area contributed by atoms with E-state index in [4.69, 9.17) is 0 Å². The van der Waals surface area contributed by atoms with E-state index in [1.165, 1.54) is 30.2 Å². The molecule has 0 atom stereocenters. The van der Waals surface area contributed by atoms with Crippen LogP contribution in [0.1, 0.15) is 10.4 Å². The fraction of sp³-hybridized carbons (Fsp3) is 0.167. The molecule has 0 radical (unpaired) electrons. The first-order valence-electron chi connectivity index (χ1n) is 5.56. The summed E-state index contributed by atoms with van der Waals surface area (Å²) in [5.74, 6) is -0.292. The van der Waals surface area contributed by atoms with E-state index in [0.29, 0.717) is 11.3 Å². The second-order valence-corrected chi connectivity index (χ2v) is 5.67. The summed E-state index contributed by atoms with van der Waals surface area (Å²) in [7, 11) is 1.32. The number of anilines is 1. The van der Waals surface area contributed by atoms with E-state index in [1.54, 1.807) is 29.8 Å². The van der Waals surface area contributed by atoms with Crippen LogP contribution in [-0.4, -0.2) is 34.9 Å². The highest BCUT2D eigenvalue weighted by Crippen LogP contribution is 2.19. The molecule has 0 spiro atoms. The molecular formula is C12H11N3O3S2. The summed E-state index contributed by atoms with van der Waals surface area (Å²) in [6.07, 6.45) is 0. The van der Waals surface area contributed by atoms with Crippen molar-refractivity contribution in [1.82, 2.24) is 10.2 Å². The first-order valence-corrected chi connectivity index (χ1v) is 7.43. The summed E-state index contributed by atoms with van der Waals surface area (Å²) in [4.78, 5) is 23.0. The number of esters is 1. The van der Waals surface area contributed by atoms with Crippen molar-refractivity contribution in [3.05, 3.63) is 35.3 Å². The number of rotatable bonds is 5. The molecule has 0 aliphatic rings. The number of amides is 1. The molecule has 6 nitrogen and oxygen atoms in total. The second kappa shape index (κ2) is 7.01. The van der Waals surface area contributed by atoms with Crippen LogP contribution in [0, 0.1) is 0 Å². The Labute approximate surface area is 123 Å². The summed E-state index contributed by atoms with van der Waals surface area (Å²) in [5, 5.41) is 10.3. The Balaban J connectivity index is 1.86. The van der Waals surface area contributed by atoms with Crippen LogP contribution in [0.3, 0.4) is 0 Å². The van der Waals surface area contributed by atoms with Crippen LogP contribution in [0.15, 0.2) is 34.1 Å². The molecule has 0 bridgehead atoms. The van der Waals surface area contributed by atoms with Gasteiger partial charge in [0.2, 0.25) is 5.91 Å². The summed E-state index contributed by atoms with van der Waals surface area (Å²) >= 11 is 2.71. The Kier molecular flexibility index (Phi) is 5.08. The summed E-state index contributed by atoms with van der Waals surface area (Å²) in [5.41, 5.74) is 2.68. The summed E-state index contributed by atoms with van der Waals surface area (Å²) in [6.45, 7) is 0. The van der Waals surface area contributed by atoms with Crippen LogP contribution in [0.2, 0.25) is 0 Å². The number of nitrogens with zero attached hydrogens (tertiary/aromatic N) is 2. The van der Waals surface area contributed by atoms with Gasteiger partial charge in [-0.15, -0.1) is 10.2 Å². The molecule has 2 rings (SSSR count). The van der Waals surface area contributed by atoms with Crippen LogP contribution in [0.4, 0.5) is 5.69 Å². The summed E-state index contributed by atoms with van der Waals surface area (Å²) in [6, 6.07) is 6.50. The topological polar surface area (TPSA) is 81.2 Å². The molecule has 1 aromatic carbocycles. The molecule has 104 valence electrons. The molecule has 1 N–H and O–H groups in total. The zero-order chi connectivity index (χ0) is 14.4. The largest absolute Gasteiger partial charge is 0.465 e. The molecule has 0 unspecified atom stereocenters. The van der Waals surface area contributed by atoms with Gasteiger partial charge in [-0.05, 0) is 24.3 Å². The maximum absolute atomic E-state index is 11.7. The molecule has 0 aliphatic heterocycles. The monoisotopic (exact) mass is 309 g/mol. The van der Waals surface area contributed by atoms with Gasteiger partial charge in [0, 0.05) is 5.69 Å². The van der Waals surface area contributed by atoms with Gasteiger partial charge in [0.15, 0.2) is 4.34 Å². The van der Waals surface area contributed by atoms with Gasteiger partial charge in [0.1, 0.15) is 5.51 Å². The first-order chi connectivity index (χ1) is 9.69. The maximum atomic E-state index is 11.7. The number of ether oxygens (including phenoxy) is 1. The zero-order valence-corrected chi connectivity index (χ0v) is 12.2. The van der Waals surface area contributed by atoms with E-state index >= 15 is 0 Å². The van der Waals surface area contributed by atoms with E-state index in [9.17, 15) is 9.59 Å². The highest BCUT2D eigenvalue weighted by Gasteiger charge is 2.07. The standard InChI is InChI=1S/C12H11N3O3S2/c1-18-11(17)8-2-4-9(5-3-8)14-10(16)6-19-12-15-13-7-20-12/h2-5,7H,6H2,1H3,(H,14,16). The van der Waals surface area contributed by atoms with Crippen molar-refractivity contribution in [1.29, 1.82) is 0 Å². The van der Waals surface area contributed by atoms with E-state index in [0.717, 1.165) is 4.34 Å². The number of aromatic nitrogens is 2. The number of carbonyl (C=O) groups is 2. The quantitative estimate of drug-likeness (QED) is 0.672. The maximum Gasteiger partial charge on any atom is 0.337 e. The number of carbonyl (C=O) groups excluding carboxylic acids is 2. The SMILES string of the molecule is COC(=O)c1ccc(NC(=O)CSc2nncs2)cc1. The van der Waals surface area contributed by atoms with Gasteiger partial charge in [-0.3, -0.25) is 4.79 Å². The molecule has 0 fully saturated rings. The number of nitrogens with one attached hydrogen (secondary N) is 1. The molecule has 1 aromatic heterocycles. The predicted molar refractivity (Wildman–Crippen MR) is 77.0 cm³/mol. The van der Waals surface area contributed by atoms with Crippen molar-refractivity contribution in [2.24, 2.45) is 0 Å². The first kappa shape index (κ1) is 14.5. The summed E-state index contributed by atoms with van der Waals surface area (Å²) < 4.78 is 5.35. The predicted octanol–water partition coefficient (Wildman–Crippen LogP) is 2.06. The molecule has 0 aliphatic carbocycles. The van der Waals surface area contributed by atoms with Gasteiger partial charge < -0.3 is 10.1 Å². The number of methoxy groups -OCH3 is 1. The molecule has 1 amide bonds. The highest BCUT2D eigenvalue weighted by molar-refractivity contribution is 8.01. The van der Waals surface area contributed by atoms with E-state index < -0.39 is 5.97 Å². The highest BCUT2D eigenvalue weighted by atomic mass is 32.2. The minimum absolute atomic E-state index is 0.143. The second-order valence-electron chi connectivity index (χ2n) is 3.61. The third kappa shape index (κ3) is 4.04. The van der Waals surface area contributed by atoms with Gasteiger partial charge in [-0.2, -0.15) is 0 Å². The molecule has 1 heterocycles. The molecular weight excluding hydrogens is 298 g/mol. The fourth-order valence-corrected chi connectivity index (χ4v) is 2.65. The lowest BCUT2D eigenvalue weighted by molar-refractivity contribution is -0.113. The molecule has 0 saturated heterocycles. The normalized spacial score (nSPS) is 10.1. The van der Waals surface area contributed by atoms with Crippen LogP contribution >= 0.6 is 23.1 Å². The third-order valence-electron chi connectivity index (χ3n) is 2.26. The minimum Gasteiger partial charge on any atom is -0.465 e. The lowest BCUT2D eigenvalue weighted by atomic mass is 10.2. The van der Waals surface area contributed by atoms with Crippen molar-refractivity contribution < 1.29 is 14.3 Å². The van der Waals surface area contributed by atoms with E-state index in [2.05, 4.69) is 20.3 Å². The van der Waals surface area contributed by atoms with Gasteiger partial charge >= 0.3 is 5.97 Å². The smallest absolute Gasteiger partial charge is 0.337 e. The van der Waals surface area contributed by atoms with Crippen LogP contribution in [0.25, 0.3) is 0 Å². The van der Waals surface area contributed by atoms with E-state index in [-0.39, 0.29) is 11.7 Å². The van der Waals surface area contributed by atoms with Crippen molar-refractivity contribution in [3.63, 3.8) is 0 Å². The van der Waals surface area contributed by atoms with Crippen molar-refractivity contribution in [2.75, 3.05) is 18.2 Å². The molecule has 20 heavy (non-hydrogen) atoms. The lowest BCUT2D eigenvalue weighted by Gasteiger charge is -2.05. The van der Waals surface area contributed by atoms with Crippen molar-refractivity contribution in [2.45, 2.75) is 4.34 Å². The number of hydrogen-bond donors (Lipinski definition) is 1. The van der Waals surface area contributed by atoms with Gasteiger partial charge in [0.05, 0.1) is 18.4 Å². The fourth-order valence-electron chi connectivity index (χ4n) is 1.36. The Morgan fingerprint density at radius 2 is 2.10 bits per heavy atom. The molecule has 0 saturated carbocycles. The van der Waals surface area contributed by atoms with Crippen molar-refractivity contribution >= 4 is 40.7 Å².